The predicted octanol–water partition coefficient (Wildman–Crippen LogP) is 17.8. The largest absolute Gasteiger partial charge is 2.00 e. The molecule has 0 amide bonds. The van der Waals surface area contributed by atoms with E-state index in [1.807, 2.05) is 53.1 Å². The molecule has 0 aliphatic heterocycles. The van der Waals surface area contributed by atoms with Gasteiger partial charge in [0.2, 0.25) is 0 Å². The minimum atomic E-state index is -0.362. The van der Waals surface area contributed by atoms with E-state index >= 15 is 4.39 Å². The summed E-state index contributed by atoms with van der Waals surface area (Å²) in [4.78, 5) is 10.5. The number of benzene rings is 8. The molecular formula is C64H55FN4O2Pt. The Bertz CT molecular complexity index is 3710. The molecule has 72 heavy (non-hydrogen) atoms. The predicted molar refractivity (Wildman–Crippen MR) is 288 cm³/mol. The van der Waals surface area contributed by atoms with Crippen LogP contribution in [0.5, 0.6) is 11.5 Å². The number of aromatic nitrogens is 4. The fourth-order valence-electron chi connectivity index (χ4n) is 10.1. The number of ether oxygens (including phenoxy) is 1. The molecule has 8 aromatic carbocycles. The number of imidazole rings is 2. The van der Waals surface area contributed by atoms with Crippen molar-refractivity contribution in [1.82, 2.24) is 19.1 Å². The first kappa shape index (κ1) is 48.3. The molecule has 0 spiro atoms. The van der Waals surface area contributed by atoms with Crippen LogP contribution in [-0.2, 0) is 21.1 Å². The number of furan rings is 1. The Morgan fingerprint density at radius 1 is 0.500 bits per heavy atom. The number of halogens is 1. The fourth-order valence-corrected chi connectivity index (χ4v) is 10.1. The third kappa shape index (κ3) is 8.68. The molecule has 0 bridgehead atoms. The maximum Gasteiger partial charge on any atom is 2.00 e. The van der Waals surface area contributed by atoms with Crippen LogP contribution >= 0.6 is 0 Å². The van der Waals surface area contributed by atoms with Gasteiger partial charge in [-0.3, -0.25) is 9.97 Å². The van der Waals surface area contributed by atoms with Gasteiger partial charge in [-0.25, -0.2) is 4.39 Å². The maximum atomic E-state index is 16.6. The van der Waals surface area contributed by atoms with Gasteiger partial charge in [0.25, 0.3) is 0 Å². The molecule has 11 rings (SSSR count). The number of para-hydroxylation sites is 3. The number of hydrogen-bond donors (Lipinski definition) is 0. The van der Waals surface area contributed by atoms with E-state index in [-0.39, 0.29) is 50.6 Å². The van der Waals surface area contributed by atoms with E-state index in [2.05, 4.69) is 169 Å². The maximum absolute atomic E-state index is 16.6. The van der Waals surface area contributed by atoms with Crippen LogP contribution in [0.25, 0.3) is 89.4 Å². The molecule has 0 saturated carbocycles. The van der Waals surface area contributed by atoms with Crippen molar-refractivity contribution in [2.45, 2.75) is 79.1 Å². The van der Waals surface area contributed by atoms with Crippen LogP contribution < -0.4 is 4.74 Å². The molecule has 0 fully saturated rings. The van der Waals surface area contributed by atoms with Gasteiger partial charge in [-0.05, 0) is 117 Å². The Hall–Kier alpha value is -7.34. The summed E-state index contributed by atoms with van der Waals surface area (Å²) in [5.41, 5.74) is 16.1. The molecule has 0 aliphatic rings. The van der Waals surface area contributed by atoms with E-state index in [0.29, 0.717) is 39.5 Å². The minimum absolute atomic E-state index is 0. The summed E-state index contributed by atoms with van der Waals surface area (Å²) >= 11 is 0. The van der Waals surface area contributed by atoms with Crippen LogP contribution in [0.1, 0.15) is 101 Å². The van der Waals surface area contributed by atoms with E-state index in [1.54, 1.807) is 12.3 Å². The molecule has 0 radical (unpaired) electrons. The molecule has 0 atom stereocenters. The van der Waals surface area contributed by atoms with Gasteiger partial charge in [0, 0.05) is 22.9 Å². The minimum Gasteiger partial charge on any atom is -0.496 e. The smallest absolute Gasteiger partial charge is 0.496 e. The Morgan fingerprint density at radius 3 is 1.62 bits per heavy atom. The molecule has 360 valence electrons. The van der Waals surface area contributed by atoms with E-state index in [1.165, 1.54) is 28.3 Å². The molecule has 8 heteroatoms. The van der Waals surface area contributed by atoms with E-state index < -0.39 is 0 Å². The van der Waals surface area contributed by atoms with Crippen LogP contribution in [0.15, 0.2) is 168 Å². The number of hydrogen-bond acceptors (Lipinski definition) is 4. The summed E-state index contributed by atoms with van der Waals surface area (Å²) in [6.45, 7) is 17.8. The van der Waals surface area contributed by atoms with Gasteiger partial charge >= 0.3 is 21.1 Å². The van der Waals surface area contributed by atoms with Crippen molar-refractivity contribution < 1.29 is 34.6 Å². The van der Waals surface area contributed by atoms with Gasteiger partial charge < -0.3 is 18.3 Å². The summed E-state index contributed by atoms with van der Waals surface area (Å²) < 4.78 is 33.8. The normalized spacial score (nSPS) is 11.8. The van der Waals surface area contributed by atoms with Crippen LogP contribution in [0, 0.1) is 17.9 Å². The quantitative estimate of drug-likeness (QED) is 0.114. The van der Waals surface area contributed by atoms with Crippen LogP contribution in [0.2, 0.25) is 0 Å². The van der Waals surface area contributed by atoms with Gasteiger partial charge in [-0.2, -0.15) is 0 Å². The van der Waals surface area contributed by atoms with Gasteiger partial charge in [-0.1, -0.05) is 169 Å². The van der Waals surface area contributed by atoms with Crippen molar-refractivity contribution in [3.05, 3.63) is 204 Å². The van der Waals surface area contributed by atoms with E-state index in [0.717, 1.165) is 61.4 Å². The Labute approximate surface area is 435 Å². The average molecular weight is 1130 g/mol. The first-order valence-corrected chi connectivity index (χ1v) is 24.7. The second kappa shape index (κ2) is 19.7. The van der Waals surface area contributed by atoms with Gasteiger partial charge in [0.05, 0.1) is 45.6 Å². The number of fused-ring (bicyclic) bond motifs is 3. The Kier molecular flexibility index (Phi) is 13.2. The summed E-state index contributed by atoms with van der Waals surface area (Å²) in [5.74, 6) is 2.42. The molecule has 0 N–H and O–H groups in total. The van der Waals surface area contributed by atoms with E-state index in [9.17, 15) is 0 Å². The second-order valence-corrected chi connectivity index (χ2v) is 19.7. The van der Waals surface area contributed by atoms with Crippen LogP contribution in [-0.4, -0.2) is 19.1 Å². The molecule has 11 aromatic rings. The van der Waals surface area contributed by atoms with Crippen LogP contribution in [0.4, 0.5) is 4.39 Å². The van der Waals surface area contributed by atoms with Crippen LogP contribution in [0.3, 0.4) is 0 Å². The number of nitrogens with zero attached hydrogens (tertiary/aromatic N) is 4. The fraction of sp³-hybridized carbons (Fsp3) is 0.188. The Morgan fingerprint density at radius 2 is 1.03 bits per heavy atom. The molecule has 0 unspecified atom stereocenters. The van der Waals surface area contributed by atoms with Gasteiger partial charge in [0.15, 0.2) is 0 Å². The van der Waals surface area contributed by atoms with Crippen molar-refractivity contribution in [3.8, 4) is 67.9 Å². The summed E-state index contributed by atoms with van der Waals surface area (Å²) in [6.07, 6.45) is 1.66. The number of rotatable bonds is 12. The second-order valence-electron chi connectivity index (χ2n) is 19.7. The molecule has 0 aliphatic carbocycles. The topological polar surface area (TPSA) is 58.0 Å². The standard InChI is InChI=1S/C64H55FN4O2.Pt/c1-38(2)50-32-45(42-19-11-9-12-20-42)33-51(39(3)4)60(50)68-58-28-16-15-26-56(58)66-63(68)44-23-17-24-47(31-44)71-48-36-54(49-29-30-70-59(49)37-48)64-67-57-27-18-25-55(65)62(57)69(64)61-52(40(5)6)34-46(35-53(61)41(7)8)43-21-13-10-14-22-43;/h9-30,32-35,37-41H,1-8H3;/q-2;+2. The van der Waals surface area contributed by atoms with Crippen molar-refractivity contribution in [1.29, 1.82) is 0 Å². The molecule has 3 aromatic heterocycles. The SMILES string of the molecule is CC(C)c1cc(-c2ccccc2)cc(C(C)C)c1-n1c(-c2[c-]c(Oc3[c-]c(-c4nc5cccc(F)c5n4-c4c(C(C)C)cc(-c5ccccc5)cc4C(C)C)c4ccoc4c3)ccc2)nc2ccccc21.[Pt+2]. The zero-order valence-electron chi connectivity index (χ0n) is 41.7. The monoisotopic (exact) mass is 1130 g/mol. The third-order valence-electron chi connectivity index (χ3n) is 13.6. The summed E-state index contributed by atoms with van der Waals surface area (Å²) in [5, 5.41) is 0.777. The van der Waals surface area contributed by atoms with Crippen molar-refractivity contribution in [2.75, 3.05) is 0 Å². The van der Waals surface area contributed by atoms with Crippen molar-refractivity contribution in [2.24, 2.45) is 0 Å². The summed E-state index contributed by atoms with van der Waals surface area (Å²) in [6, 6.07) is 60.5. The first-order valence-electron chi connectivity index (χ1n) is 24.7. The molecule has 3 heterocycles. The molecular weight excluding hydrogens is 1070 g/mol. The van der Waals surface area contributed by atoms with Gasteiger partial charge in [0.1, 0.15) is 5.82 Å². The first-order chi connectivity index (χ1) is 34.4. The average Bonchev–Trinajstić information content (AvgIpc) is 4.12. The van der Waals surface area contributed by atoms with Crippen molar-refractivity contribution in [3.63, 3.8) is 0 Å². The van der Waals surface area contributed by atoms with Gasteiger partial charge in [-0.15, -0.1) is 23.8 Å². The zero-order chi connectivity index (χ0) is 49.1. The Balaban J connectivity index is 0.00000596. The van der Waals surface area contributed by atoms with E-state index in [4.69, 9.17) is 19.1 Å². The third-order valence-corrected chi connectivity index (χ3v) is 13.6. The summed E-state index contributed by atoms with van der Waals surface area (Å²) in [7, 11) is 0. The molecule has 0 saturated heterocycles. The molecule has 6 nitrogen and oxygen atoms in total. The van der Waals surface area contributed by atoms with Crippen molar-refractivity contribution >= 4 is 33.0 Å². The zero-order valence-corrected chi connectivity index (χ0v) is 44.0.